The number of fused-ring (bicyclic) bond motifs is 4. The van der Waals surface area contributed by atoms with Gasteiger partial charge in [0.2, 0.25) is 23.6 Å². The van der Waals surface area contributed by atoms with E-state index in [4.69, 9.17) is 23.2 Å². The normalized spacial score (nSPS) is 27.8. The van der Waals surface area contributed by atoms with Gasteiger partial charge in [-0.15, -0.1) is 0 Å². The molecular weight excluding hydrogens is 599 g/mol. The van der Waals surface area contributed by atoms with Crippen molar-refractivity contribution < 1.29 is 24.3 Å². The summed E-state index contributed by atoms with van der Waals surface area (Å²) in [4.78, 5) is 58.8. The van der Waals surface area contributed by atoms with Crippen LogP contribution < -0.4 is 9.80 Å². The molecule has 0 bridgehead atoms. The summed E-state index contributed by atoms with van der Waals surface area (Å²) in [6, 6.07) is 15.5. The van der Waals surface area contributed by atoms with Gasteiger partial charge in [0.25, 0.3) is 0 Å². The molecule has 0 radical (unpaired) electrons. The van der Waals surface area contributed by atoms with Gasteiger partial charge in [-0.1, -0.05) is 59.1 Å². The summed E-state index contributed by atoms with van der Waals surface area (Å²) in [5.74, 6) is -4.69. The van der Waals surface area contributed by atoms with Crippen molar-refractivity contribution >= 4 is 58.2 Å². The molecule has 3 aromatic rings. The first-order valence-corrected chi connectivity index (χ1v) is 15.5. The van der Waals surface area contributed by atoms with Gasteiger partial charge in [-0.05, 0) is 92.1 Å². The van der Waals surface area contributed by atoms with Crippen LogP contribution in [0.4, 0.5) is 11.4 Å². The molecule has 2 heterocycles. The Morgan fingerprint density at radius 3 is 1.80 bits per heavy atom. The Kier molecular flexibility index (Phi) is 6.75. The van der Waals surface area contributed by atoms with E-state index in [0.717, 1.165) is 22.3 Å². The number of phenols is 1. The number of nitrogens with zero attached hydrogens (tertiary/aromatic N) is 2. The van der Waals surface area contributed by atoms with Gasteiger partial charge in [0, 0.05) is 16.0 Å². The molecule has 0 spiro atoms. The molecule has 7 nitrogen and oxygen atoms in total. The second-order valence-electron chi connectivity index (χ2n) is 12.5. The summed E-state index contributed by atoms with van der Waals surface area (Å²) >= 11 is 12.8. The SMILES string of the molecule is Cc1cc(C2C3=CCC4C(=O)N(c5ccc(C)c(Cl)c5)C(=O)C4C3CC3C(=O)N(c4ccc(C)c(Cl)c4)C(=O)C32)ccc1O. The van der Waals surface area contributed by atoms with Crippen LogP contribution >= 0.6 is 23.2 Å². The van der Waals surface area contributed by atoms with Crippen LogP contribution in [0.2, 0.25) is 10.0 Å². The number of carbonyl (C=O) groups excluding carboxylic acids is 4. The maximum Gasteiger partial charge on any atom is 0.238 e. The summed E-state index contributed by atoms with van der Waals surface area (Å²) in [7, 11) is 0. The number of carbonyl (C=O) groups is 4. The average Bonchev–Trinajstić information content (AvgIpc) is 3.40. The lowest BCUT2D eigenvalue weighted by Gasteiger charge is -2.44. The minimum Gasteiger partial charge on any atom is -0.508 e. The fraction of sp³-hybridized carbons (Fsp3) is 0.314. The molecule has 4 amide bonds. The monoisotopic (exact) mass is 628 g/mol. The largest absolute Gasteiger partial charge is 0.508 e. The van der Waals surface area contributed by atoms with Crippen molar-refractivity contribution in [2.24, 2.45) is 29.6 Å². The van der Waals surface area contributed by atoms with Gasteiger partial charge < -0.3 is 5.11 Å². The van der Waals surface area contributed by atoms with Crippen molar-refractivity contribution in [3.63, 3.8) is 0 Å². The van der Waals surface area contributed by atoms with E-state index in [0.29, 0.717) is 33.4 Å². The van der Waals surface area contributed by atoms with E-state index >= 15 is 0 Å². The average molecular weight is 630 g/mol. The van der Waals surface area contributed by atoms with Gasteiger partial charge in [-0.25, -0.2) is 9.80 Å². The van der Waals surface area contributed by atoms with Crippen LogP contribution in [-0.4, -0.2) is 28.7 Å². The quantitative estimate of drug-likeness (QED) is 0.258. The summed E-state index contributed by atoms with van der Waals surface area (Å²) in [6.45, 7) is 5.49. The maximum atomic E-state index is 14.2. The lowest BCUT2D eigenvalue weighted by atomic mass is 9.57. The molecule has 9 heteroatoms. The van der Waals surface area contributed by atoms with E-state index in [2.05, 4.69) is 0 Å². The molecule has 7 rings (SSSR count). The van der Waals surface area contributed by atoms with Crippen LogP contribution in [-0.2, 0) is 19.2 Å². The number of anilines is 2. The van der Waals surface area contributed by atoms with Crippen LogP contribution in [0.1, 0.15) is 41.0 Å². The molecule has 1 saturated carbocycles. The predicted octanol–water partition coefficient (Wildman–Crippen LogP) is 6.67. The smallest absolute Gasteiger partial charge is 0.238 e. The number of phenolic OH excluding ortho intramolecular Hbond substituents is 1. The van der Waals surface area contributed by atoms with Crippen LogP contribution in [0, 0.1) is 50.4 Å². The number of aromatic hydroxyl groups is 1. The third-order valence-electron chi connectivity index (χ3n) is 10.1. The molecule has 2 saturated heterocycles. The number of halogens is 2. The summed E-state index contributed by atoms with van der Waals surface area (Å²) in [6.07, 6.45) is 2.63. The lowest BCUT2D eigenvalue weighted by molar-refractivity contribution is -0.126. The first-order chi connectivity index (χ1) is 21.0. The Hall–Kier alpha value is -3.94. The molecule has 0 aromatic heterocycles. The molecule has 3 aromatic carbocycles. The van der Waals surface area contributed by atoms with Crippen molar-refractivity contribution in [1.29, 1.82) is 0 Å². The van der Waals surface area contributed by atoms with Crippen molar-refractivity contribution in [2.75, 3.05) is 9.80 Å². The van der Waals surface area contributed by atoms with E-state index in [-0.39, 0.29) is 35.8 Å². The van der Waals surface area contributed by atoms with Crippen LogP contribution in [0.25, 0.3) is 0 Å². The minimum absolute atomic E-state index is 0.129. The van der Waals surface area contributed by atoms with Crippen LogP contribution in [0.15, 0.2) is 66.2 Å². The summed E-state index contributed by atoms with van der Waals surface area (Å²) in [5, 5.41) is 11.2. The zero-order valence-electron chi connectivity index (χ0n) is 24.4. The predicted molar refractivity (Wildman–Crippen MR) is 168 cm³/mol. The Bertz CT molecular complexity index is 1830. The molecule has 224 valence electrons. The fourth-order valence-corrected chi connectivity index (χ4v) is 8.14. The molecule has 2 aliphatic carbocycles. The minimum atomic E-state index is -0.704. The van der Waals surface area contributed by atoms with E-state index < -0.39 is 35.5 Å². The molecule has 4 aliphatic rings. The van der Waals surface area contributed by atoms with Crippen LogP contribution in [0.5, 0.6) is 5.75 Å². The molecule has 6 unspecified atom stereocenters. The zero-order chi connectivity index (χ0) is 31.2. The maximum absolute atomic E-state index is 14.2. The van der Waals surface area contributed by atoms with E-state index in [9.17, 15) is 24.3 Å². The topological polar surface area (TPSA) is 95.0 Å². The molecule has 1 N–H and O–H groups in total. The van der Waals surface area contributed by atoms with E-state index in [1.54, 1.807) is 55.5 Å². The van der Waals surface area contributed by atoms with Gasteiger partial charge in [0.1, 0.15) is 5.75 Å². The zero-order valence-corrected chi connectivity index (χ0v) is 25.9. The highest BCUT2D eigenvalue weighted by molar-refractivity contribution is 6.33. The second kappa shape index (κ2) is 10.3. The highest BCUT2D eigenvalue weighted by atomic mass is 35.5. The first-order valence-electron chi connectivity index (χ1n) is 14.7. The summed E-state index contributed by atoms with van der Waals surface area (Å²) in [5.41, 5.74) is 4.83. The number of hydrogen-bond donors (Lipinski definition) is 1. The van der Waals surface area contributed by atoms with Gasteiger partial charge in [0.05, 0.1) is 35.0 Å². The Morgan fingerprint density at radius 2 is 1.23 bits per heavy atom. The van der Waals surface area contributed by atoms with Crippen molar-refractivity contribution in [3.8, 4) is 5.75 Å². The highest BCUT2D eigenvalue weighted by Crippen LogP contribution is 2.58. The number of allylic oxidation sites excluding steroid dienone is 2. The number of hydrogen-bond acceptors (Lipinski definition) is 5. The van der Waals surface area contributed by atoms with Crippen molar-refractivity contribution in [3.05, 3.63) is 98.5 Å². The van der Waals surface area contributed by atoms with Gasteiger partial charge in [-0.3, -0.25) is 19.2 Å². The lowest BCUT2D eigenvalue weighted by Crippen LogP contribution is -2.43. The van der Waals surface area contributed by atoms with Gasteiger partial charge in [0.15, 0.2) is 0 Å². The summed E-state index contributed by atoms with van der Waals surface area (Å²) < 4.78 is 0. The van der Waals surface area contributed by atoms with Crippen LogP contribution in [0.3, 0.4) is 0 Å². The van der Waals surface area contributed by atoms with E-state index in [1.807, 2.05) is 26.0 Å². The standard InChI is InChI=1S/C35H30Cl2N2O5/c1-16-4-7-20(13-26(16)36)38-32(41)23-10-9-22-24(30(23)34(38)43)15-25-31(29(22)19-6-11-28(40)18(3)12-19)35(44)39(33(25)42)21-8-5-17(2)27(37)14-21/h4-9,11-14,23-25,29-31,40H,10,15H2,1-3H3. The molecule has 2 aliphatic heterocycles. The van der Waals surface area contributed by atoms with E-state index in [1.165, 1.54) is 9.80 Å². The van der Waals surface area contributed by atoms with Gasteiger partial charge in [-0.2, -0.15) is 0 Å². The molecule has 44 heavy (non-hydrogen) atoms. The second-order valence-corrected chi connectivity index (χ2v) is 13.3. The molecular formula is C35H30Cl2N2O5. The third-order valence-corrected chi connectivity index (χ3v) is 10.9. The Balaban J connectivity index is 1.34. The first kappa shape index (κ1) is 28.8. The number of rotatable bonds is 3. The van der Waals surface area contributed by atoms with Gasteiger partial charge >= 0.3 is 0 Å². The number of benzene rings is 3. The highest BCUT2D eigenvalue weighted by Gasteiger charge is 2.62. The number of amides is 4. The number of aryl methyl sites for hydroxylation is 3. The number of imide groups is 2. The Morgan fingerprint density at radius 1 is 0.659 bits per heavy atom. The molecule has 3 fully saturated rings. The Labute approximate surface area is 265 Å². The molecule has 6 atom stereocenters. The third kappa shape index (κ3) is 4.16. The fourth-order valence-electron chi connectivity index (χ4n) is 7.79. The van der Waals surface area contributed by atoms with Crippen molar-refractivity contribution in [2.45, 2.75) is 39.5 Å². The van der Waals surface area contributed by atoms with Crippen molar-refractivity contribution in [1.82, 2.24) is 0 Å².